The fourth-order valence-electron chi connectivity index (χ4n) is 1.74. The van der Waals surface area contributed by atoms with Gasteiger partial charge < -0.3 is 10.1 Å². The molecule has 1 unspecified atom stereocenters. The van der Waals surface area contributed by atoms with Crippen LogP contribution in [0.2, 0.25) is 0 Å². The molecule has 1 aromatic heterocycles. The van der Waals surface area contributed by atoms with Gasteiger partial charge in [0.2, 0.25) is 11.4 Å². The number of nitrogens with one attached hydrogen (secondary N) is 1. The van der Waals surface area contributed by atoms with Crippen molar-refractivity contribution in [2.45, 2.75) is 18.7 Å². The van der Waals surface area contributed by atoms with Gasteiger partial charge >= 0.3 is 6.18 Å². The van der Waals surface area contributed by atoms with Crippen LogP contribution >= 0.6 is 11.3 Å². The Hall–Kier alpha value is -1.50. The summed E-state index contributed by atoms with van der Waals surface area (Å²) in [7, 11) is 1.53. The zero-order valence-corrected chi connectivity index (χ0v) is 10.4. The first-order valence-corrected chi connectivity index (χ1v) is 5.95. The summed E-state index contributed by atoms with van der Waals surface area (Å²) in [5.41, 5.74) is -2.42. The van der Waals surface area contributed by atoms with Crippen LogP contribution in [0.5, 0.6) is 0 Å². The van der Waals surface area contributed by atoms with E-state index < -0.39 is 23.1 Å². The Morgan fingerprint density at radius 3 is 2.61 bits per heavy atom. The Labute approximate surface area is 105 Å². The summed E-state index contributed by atoms with van der Waals surface area (Å²) in [6, 6.07) is 0.958. The molecule has 0 aliphatic carbocycles. The van der Waals surface area contributed by atoms with Gasteiger partial charge in [-0.05, 0) is 18.4 Å². The first-order valence-electron chi connectivity index (χ1n) is 5.07. The number of hydrogen-bond acceptors (Lipinski definition) is 4. The highest BCUT2D eigenvalue weighted by Gasteiger charge is 2.48. The molecule has 0 saturated heterocycles. The lowest BCUT2D eigenvalue weighted by Crippen LogP contribution is -2.31. The molecular formula is C11H10F3NO2S. The van der Waals surface area contributed by atoms with E-state index in [0.717, 1.165) is 17.4 Å². The maximum absolute atomic E-state index is 12.8. The number of carbonyl (C=O) groups is 1. The molecule has 2 heterocycles. The van der Waals surface area contributed by atoms with E-state index in [4.69, 9.17) is 4.74 Å². The number of alkyl halides is 3. The quantitative estimate of drug-likeness (QED) is 0.903. The zero-order chi connectivity index (χ0) is 13.6. The molecule has 1 aliphatic rings. The molecule has 18 heavy (non-hydrogen) atoms. The summed E-state index contributed by atoms with van der Waals surface area (Å²) < 4.78 is 43.8. The normalized spacial score (nSPS) is 23.8. The molecule has 0 radical (unpaired) electrons. The van der Waals surface area contributed by atoms with Gasteiger partial charge in [-0.2, -0.15) is 13.2 Å². The highest BCUT2D eigenvalue weighted by molar-refractivity contribution is 7.10. The second-order valence-electron chi connectivity index (χ2n) is 3.92. The van der Waals surface area contributed by atoms with Crippen LogP contribution in [-0.2, 0) is 21.3 Å². The number of thiophene rings is 1. The molecule has 7 heteroatoms. The molecule has 0 fully saturated rings. The Bertz CT molecular complexity index is 521. The molecule has 0 aromatic carbocycles. The third-order valence-corrected chi connectivity index (χ3v) is 3.81. The van der Waals surface area contributed by atoms with Crippen LogP contribution in [0.3, 0.4) is 0 Å². The Morgan fingerprint density at radius 2 is 2.11 bits per heavy atom. The molecule has 1 aliphatic heterocycles. The number of hydrogen-bond donors (Lipinski definition) is 1. The van der Waals surface area contributed by atoms with E-state index in [1.807, 2.05) is 0 Å². The number of ketones is 1. The van der Waals surface area contributed by atoms with E-state index in [0.29, 0.717) is 0 Å². The third kappa shape index (κ3) is 1.88. The highest BCUT2D eigenvalue weighted by Crippen LogP contribution is 2.44. The van der Waals surface area contributed by atoms with E-state index in [1.165, 1.54) is 25.4 Å². The molecule has 0 saturated carbocycles. The minimum absolute atomic E-state index is 0.124. The monoisotopic (exact) mass is 277 g/mol. The van der Waals surface area contributed by atoms with E-state index in [1.54, 1.807) is 0 Å². The van der Waals surface area contributed by atoms with Crippen LogP contribution < -0.4 is 5.32 Å². The lowest BCUT2D eigenvalue weighted by Gasteiger charge is -2.24. The van der Waals surface area contributed by atoms with Gasteiger partial charge in [-0.15, -0.1) is 11.3 Å². The van der Waals surface area contributed by atoms with E-state index in [-0.39, 0.29) is 10.8 Å². The van der Waals surface area contributed by atoms with Gasteiger partial charge in [-0.25, -0.2) is 0 Å². The molecule has 3 nitrogen and oxygen atoms in total. The van der Waals surface area contributed by atoms with Gasteiger partial charge in [0.15, 0.2) is 5.88 Å². The van der Waals surface area contributed by atoms with Crippen molar-refractivity contribution in [3.8, 4) is 0 Å². The fraction of sp³-hybridized carbons (Fsp3) is 0.364. The first kappa shape index (κ1) is 12.9. The summed E-state index contributed by atoms with van der Waals surface area (Å²) in [6.07, 6.45) is -3.33. The summed E-state index contributed by atoms with van der Waals surface area (Å²) in [5.74, 6) is -0.330. The molecule has 1 aromatic rings. The third-order valence-electron chi connectivity index (χ3n) is 2.70. The first-order chi connectivity index (χ1) is 8.29. The van der Waals surface area contributed by atoms with E-state index >= 15 is 0 Å². The SMILES string of the molecule is CNC1=CC(=O)C(C)(c2sccc2C(F)(F)F)O1. The van der Waals surface area contributed by atoms with E-state index in [9.17, 15) is 18.0 Å². The molecule has 2 rings (SSSR count). The summed E-state index contributed by atoms with van der Waals surface area (Å²) in [6.45, 7) is 1.34. The van der Waals surface area contributed by atoms with Gasteiger partial charge in [0.25, 0.3) is 0 Å². The smallest absolute Gasteiger partial charge is 0.417 e. The largest absolute Gasteiger partial charge is 0.459 e. The maximum Gasteiger partial charge on any atom is 0.417 e. The van der Waals surface area contributed by atoms with Crippen molar-refractivity contribution in [2.24, 2.45) is 0 Å². The van der Waals surface area contributed by atoms with Crippen LogP contribution in [0, 0.1) is 0 Å². The van der Waals surface area contributed by atoms with Crippen LogP contribution in [0.15, 0.2) is 23.4 Å². The standard InChI is InChI=1S/C11H10F3NO2S/c1-10(7(16)5-8(15-2)17-10)9-6(3-4-18-9)11(12,13)14/h3-5,15H,1-2H3. The van der Waals surface area contributed by atoms with E-state index in [2.05, 4.69) is 5.32 Å². The predicted octanol–water partition coefficient (Wildman–Crippen LogP) is 2.64. The molecular weight excluding hydrogens is 267 g/mol. The van der Waals surface area contributed by atoms with Crippen molar-refractivity contribution >= 4 is 17.1 Å². The summed E-state index contributed by atoms with van der Waals surface area (Å²) in [5, 5.41) is 3.91. The molecule has 1 atom stereocenters. The van der Waals surface area contributed by atoms with Crippen LogP contribution in [0.25, 0.3) is 0 Å². The van der Waals surface area contributed by atoms with Gasteiger partial charge in [0.1, 0.15) is 0 Å². The second kappa shape index (κ2) is 4.01. The Balaban J connectivity index is 2.45. The zero-order valence-electron chi connectivity index (χ0n) is 9.59. The Morgan fingerprint density at radius 1 is 1.44 bits per heavy atom. The topological polar surface area (TPSA) is 38.3 Å². The number of halogens is 3. The van der Waals surface area contributed by atoms with Gasteiger partial charge in [0.05, 0.1) is 10.4 Å². The molecule has 0 spiro atoms. The van der Waals surface area contributed by atoms with Crippen LogP contribution in [0.1, 0.15) is 17.4 Å². The van der Waals surface area contributed by atoms with Crippen molar-refractivity contribution in [3.05, 3.63) is 33.8 Å². The van der Waals surface area contributed by atoms with Gasteiger partial charge in [0, 0.05) is 13.1 Å². The number of rotatable bonds is 2. The molecule has 0 bridgehead atoms. The minimum Gasteiger partial charge on any atom is -0.459 e. The van der Waals surface area contributed by atoms with Crippen molar-refractivity contribution in [1.82, 2.24) is 5.32 Å². The average Bonchev–Trinajstić information content (AvgIpc) is 2.84. The van der Waals surface area contributed by atoms with Crippen LogP contribution in [-0.4, -0.2) is 12.8 Å². The molecule has 98 valence electrons. The van der Waals surface area contributed by atoms with Gasteiger partial charge in [-0.3, -0.25) is 4.79 Å². The van der Waals surface area contributed by atoms with Crippen molar-refractivity contribution < 1.29 is 22.7 Å². The molecule has 0 amide bonds. The maximum atomic E-state index is 12.8. The lowest BCUT2D eigenvalue weighted by molar-refractivity contribution is -0.142. The average molecular weight is 277 g/mol. The molecule has 1 N–H and O–H groups in total. The Kier molecular flexibility index (Phi) is 2.89. The van der Waals surface area contributed by atoms with Crippen LogP contribution in [0.4, 0.5) is 13.2 Å². The second-order valence-corrected chi connectivity index (χ2v) is 4.84. The van der Waals surface area contributed by atoms with Crippen molar-refractivity contribution in [3.63, 3.8) is 0 Å². The summed E-state index contributed by atoms with van der Waals surface area (Å²) >= 11 is 0.862. The summed E-state index contributed by atoms with van der Waals surface area (Å²) in [4.78, 5) is 11.7. The predicted molar refractivity (Wildman–Crippen MR) is 59.9 cm³/mol. The number of ether oxygens (including phenoxy) is 1. The lowest BCUT2D eigenvalue weighted by atomic mass is 9.97. The van der Waals surface area contributed by atoms with Crippen molar-refractivity contribution in [1.29, 1.82) is 0 Å². The fourth-order valence-corrected chi connectivity index (χ4v) is 2.76. The minimum atomic E-state index is -4.50. The highest BCUT2D eigenvalue weighted by atomic mass is 32.1. The van der Waals surface area contributed by atoms with Crippen molar-refractivity contribution in [2.75, 3.05) is 7.05 Å². The number of carbonyl (C=O) groups excluding carboxylic acids is 1. The van der Waals surface area contributed by atoms with Gasteiger partial charge in [-0.1, -0.05) is 0 Å².